The molecule has 1 aromatic heterocycles. The lowest BCUT2D eigenvalue weighted by atomic mass is 10.3. The highest BCUT2D eigenvalue weighted by atomic mass is 16.5. The Bertz CT molecular complexity index is 520. The van der Waals surface area contributed by atoms with Gasteiger partial charge in [-0.25, -0.2) is 9.97 Å². The van der Waals surface area contributed by atoms with Gasteiger partial charge in [0.2, 0.25) is 5.88 Å². The molecule has 18 heavy (non-hydrogen) atoms. The van der Waals surface area contributed by atoms with Gasteiger partial charge in [0.15, 0.2) is 5.69 Å². The van der Waals surface area contributed by atoms with Gasteiger partial charge in [-0.1, -0.05) is 18.2 Å². The molecular weight excluding hydrogens is 230 g/mol. The van der Waals surface area contributed by atoms with Crippen molar-refractivity contribution in [2.75, 3.05) is 13.2 Å². The van der Waals surface area contributed by atoms with Gasteiger partial charge in [-0.15, -0.1) is 0 Å². The fourth-order valence-electron chi connectivity index (χ4n) is 1.27. The van der Waals surface area contributed by atoms with E-state index in [0.29, 0.717) is 19.1 Å². The normalized spacial score (nSPS) is 9.50. The highest BCUT2D eigenvalue weighted by Crippen LogP contribution is 2.08. The summed E-state index contributed by atoms with van der Waals surface area (Å²) in [5.74, 6) is 1.18. The number of nitrogens with zero attached hydrogens (tertiary/aromatic N) is 3. The van der Waals surface area contributed by atoms with Crippen LogP contribution in [0.25, 0.3) is 0 Å². The molecule has 0 aliphatic carbocycles. The molecule has 0 aliphatic heterocycles. The van der Waals surface area contributed by atoms with Crippen LogP contribution in [0.1, 0.15) is 5.69 Å². The number of para-hydroxylation sites is 1. The largest absolute Gasteiger partial charge is 0.490 e. The molecule has 0 unspecified atom stereocenters. The topological polar surface area (TPSA) is 68.0 Å². The lowest BCUT2D eigenvalue weighted by molar-refractivity contribution is 0.211. The van der Waals surface area contributed by atoms with Crippen LogP contribution in [-0.2, 0) is 0 Å². The maximum absolute atomic E-state index is 8.56. The minimum absolute atomic E-state index is 0.267. The molecule has 0 radical (unpaired) electrons. The van der Waals surface area contributed by atoms with Crippen LogP contribution in [0.3, 0.4) is 0 Å². The number of aromatic nitrogens is 2. The van der Waals surface area contributed by atoms with Crippen molar-refractivity contribution in [3.05, 3.63) is 48.4 Å². The van der Waals surface area contributed by atoms with Gasteiger partial charge >= 0.3 is 0 Å². The number of nitriles is 1. The summed E-state index contributed by atoms with van der Waals surface area (Å²) in [6, 6.07) is 11.4. The summed E-state index contributed by atoms with van der Waals surface area (Å²) in [5, 5.41) is 8.56. The van der Waals surface area contributed by atoms with Gasteiger partial charge in [0, 0.05) is 0 Å². The molecule has 0 bridgehead atoms. The zero-order valence-corrected chi connectivity index (χ0v) is 9.61. The zero-order valence-electron chi connectivity index (χ0n) is 9.61. The molecule has 90 valence electrons. The Morgan fingerprint density at radius 3 is 2.44 bits per heavy atom. The quantitative estimate of drug-likeness (QED) is 0.747. The maximum atomic E-state index is 8.56. The standard InChI is InChI=1S/C13H11N3O2/c14-8-11-9-16-13(10-15-11)18-7-6-17-12-4-2-1-3-5-12/h1-5,9-10H,6-7H2. The van der Waals surface area contributed by atoms with Crippen molar-refractivity contribution < 1.29 is 9.47 Å². The molecule has 5 heteroatoms. The fraction of sp³-hybridized carbons (Fsp3) is 0.154. The average Bonchev–Trinajstić information content (AvgIpc) is 2.45. The Kier molecular flexibility index (Phi) is 4.09. The van der Waals surface area contributed by atoms with Crippen LogP contribution in [-0.4, -0.2) is 23.2 Å². The molecule has 0 amide bonds. The Hall–Kier alpha value is -2.61. The van der Waals surface area contributed by atoms with Crippen LogP contribution >= 0.6 is 0 Å². The number of hydrogen-bond acceptors (Lipinski definition) is 5. The zero-order chi connectivity index (χ0) is 12.6. The predicted molar refractivity (Wildman–Crippen MR) is 64.2 cm³/mol. The molecule has 0 aliphatic rings. The van der Waals surface area contributed by atoms with E-state index in [2.05, 4.69) is 9.97 Å². The van der Waals surface area contributed by atoms with Crippen molar-refractivity contribution in [3.63, 3.8) is 0 Å². The molecule has 0 atom stereocenters. The van der Waals surface area contributed by atoms with Gasteiger partial charge in [-0.3, -0.25) is 0 Å². The third kappa shape index (κ3) is 3.46. The fourth-order valence-corrected chi connectivity index (χ4v) is 1.27. The first-order valence-electron chi connectivity index (χ1n) is 5.41. The van der Waals surface area contributed by atoms with E-state index in [-0.39, 0.29) is 5.69 Å². The Labute approximate surface area is 105 Å². The van der Waals surface area contributed by atoms with Crippen molar-refractivity contribution >= 4 is 0 Å². The van der Waals surface area contributed by atoms with E-state index in [9.17, 15) is 0 Å². The second-order valence-electron chi connectivity index (χ2n) is 3.36. The summed E-state index contributed by atoms with van der Waals surface area (Å²) >= 11 is 0. The molecule has 2 aromatic rings. The first-order chi connectivity index (χ1) is 8.88. The van der Waals surface area contributed by atoms with E-state index in [1.807, 2.05) is 36.4 Å². The molecule has 0 N–H and O–H groups in total. The Balaban J connectivity index is 1.74. The van der Waals surface area contributed by atoms with Gasteiger partial charge in [0.1, 0.15) is 25.0 Å². The smallest absolute Gasteiger partial charge is 0.232 e. The van der Waals surface area contributed by atoms with E-state index in [1.165, 1.54) is 12.4 Å². The highest BCUT2D eigenvalue weighted by molar-refractivity contribution is 5.21. The number of ether oxygens (including phenoxy) is 2. The number of hydrogen-bond donors (Lipinski definition) is 0. The first kappa shape index (κ1) is 11.9. The summed E-state index contributed by atoms with van der Waals surface area (Å²) in [5.41, 5.74) is 0.267. The summed E-state index contributed by atoms with van der Waals surface area (Å²) in [6.45, 7) is 0.793. The van der Waals surface area contributed by atoms with Gasteiger partial charge < -0.3 is 9.47 Å². The lowest BCUT2D eigenvalue weighted by Gasteiger charge is -2.06. The molecule has 0 saturated heterocycles. The van der Waals surface area contributed by atoms with Crippen LogP contribution in [0.15, 0.2) is 42.7 Å². The van der Waals surface area contributed by atoms with Crippen molar-refractivity contribution in [2.45, 2.75) is 0 Å². The third-order valence-electron chi connectivity index (χ3n) is 2.09. The van der Waals surface area contributed by atoms with Crippen LogP contribution < -0.4 is 9.47 Å². The summed E-state index contributed by atoms with van der Waals surface area (Å²) < 4.78 is 10.8. The molecule has 0 spiro atoms. The number of benzene rings is 1. The van der Waals surface area contributed by atoms with Crippen molar-refractivity contribution in [1.29, 1.82) is 5.26 Å². The van der Waals surface area contributed by atoms with E-state index in [4.69, 9.17) is 14.7 Å². The first-order valence-corrected chi connectivity index (χ1v) is 5.41. The van der Waals surface area contributed by atoms with Crippen LogP contribution in [0.2, 0.25) is 0 Å². The molecule has 2 rings (SSSR count). The van der Waals surface area contributed by atoms with E-state index in [1.54, 1.807) is 0 Å². The summed E-state index contributed by atoms with van der Waals surface area (Å²) in [4.78, 5) is 7.78. The lowest BCUT2D eigenvalue weighted by Crippen LogP contribution is -2.09. The van der Waals surface area contributed by atoms with Gasteiger partial charge in [-0.2, -0.15) is 5.26 Å². The highest BCUT2D eigenvalue weighted by Gasteiger charge is 1.98. The Morgan fingerprint density at radius 1 is 1.00 bits per heavy atom. The van der Waals surface area contributed by atoms with Gasteiger partial charge in [0.05, 0.1) is 12.4 Å². The van der Waals surface area contributed by atoms with Gasteiger partial charge in [0.25, 0.3) is 0 Å². The minimum Gasteiger partial charge on any atom is -0.490 e. The van der Waals surface area contributed by atoms with Crippen molar-refractivity contribution in [3.8, 4) is 17.7 Å². The molecule has 0 saturated carbocycles. The van der Waals surface area contributed by atoms with Crippen LogP contribution in [0.4, 0.5) is 0 Å². The van der Waals surface area contributed by atoms with Crippen molar-refractivity contribution in [1.82, 2.24) is 9.97 Å². The molecule has 1 aromatic carbocycles. The minimum atomic E-state index is 0.267. The van der Waals surface area contributed by atoms with Gasteiger partial charge in [-0.05, 0) is 12.1 Å². The molecule has 0 fully saturated rings. The SMILES string of the molecule is N#Cc1cnc(OCCOc2ccccc2)cn1. The van der Waals surface area contributed by atoms with Crippen LogP contribution in [0, 0.1) is 11.3 Å². The van der Waals surface area contributed by atoms with E-state index >= 15 is 0 Å². The Morgan fingerprint density at radius 2 is 1.78 bits per heavy atom. The summed E-state index contributed by atoms with van der Waals surface area (Å²) in [7, 11) is 0. The third-order valence-corrected chi connectivity index (χ3v) is 2.09. The maximum Gasteiger partial charge on any atom is 0.232 e. The summed E-state index contributed by atoms with van der Waals surface area (Å²) in [6.07, 6.45) is 2.79. The van der Waals surface area contributed by atoms with Crippen molar-refractivity contribution in [2.24, 2.45) is 0 Å². The van der Waals surface area contributed by atoms with Crippen LogP contribution in [0.5, 0.6) is 11.6 Å². The monoisotopic (exact) mass is 241 g/mol. The molecule has 1 heterocycles. The van der Waals surface area contributed by atoms with E-state index in [0.717, 1.165) is 5.75 Å². The predicted octanol–water partition coefficient (Wildman–Crippen LogP) is 1.81. The van der Waals surface area contributed by atoms with E-state index < -0.39 is 0 Å². The second-order valence-corrected chi connectivity index (χ2v) is 3.36. The second kappa shape index (κ2) is 6.21. The molecular formula is C13H11N3O2. The number of rotatable bonds is 5. The average molecular weight is 241 g/mol. The molecule has 5 nitrogen and oxygen atoms in total.